The first-order valence-electron chi connectivity index (χ1n) is 25.1. The van der Waals surface area contributed by atoms with Gasteiger partial charge in [-0.3, -0.25) is 14.4 Å². The number of ether oxygens (including phenoxy) is 3. The van der Waals surface area contributed by atoms with Crippen LogP contribution in [0.1, 0.15) is 226 Å². The summed E-state index contributed by atoms with van der Waals surface area (Å²) in [4.78, 5) is 37.6. The van der Waals surface area contributed by atoms with Crippen molar-refractivity contribution in [1.82, 2.24) is 0 Å². The zero-order chi connectivity index (χ0) is 44.4. The van der Waals surface area contributed by atoms with Crippen LogP contribution in [0, 0.1) is 0 Å². The zero-order valence-corrected chi connectivity index (χ0v) is 39.7. The van der Waals surface area contributed by atoms with E-state index in [9.17, 15) is 14.4 Å². The topological polar surface area (TPSA) is 78.9 Å². The first-order valence-corrected chi connectivity index (χ1v) is 25.1. The zero-order valence-electron chi connectivity index (χ0n) is 39.7. The summed E-state index contributed by atoms with van der Waals surface area (Å²) >= 11 is 0. The molecule has 0 radical (unpaired) electrons. The fourth-order valence-corrected chi connectivity index (χ4v) is 6.61. The predicted molar refractivity (Wildman–Crippen MR) is 261 cm³/mol. The molecule has 0 aliphatic carbocycles. The van der Waals surface area contributed by atoms with E-state index in [0.717, 1.165) is 109 Å². The Balaban J connectivity index is 4.26. The molecule has 0 amide bonds. The van der Waals surface area contributed by atoms with Gasteiger partial charge < -0.3 is 14.2 Å². The van der Waals surface area contributed by atoms with Gasteiger partial charge in [0.15, 0.2) is 6.10 Å². The molecule has 0 bridgehead atoms. The molecule has 0 aromatic rings. The van der Waals surface area contributed by atoms with E-state index in [4.69, 9.17) is 14.2 Å². The van der Waals surface area contributed by atoms with E-state index in [2.05, 4.69) is 106 Å². The average Bonchev–Trinajstić information content (AvgIpc) is 3.26. The van der Waals surface area contributed by atoms with Crippen molar-refractivity contribution < 1.29 is 28.6 Å². The van der Waals surface area contributed by atoms with Crippen molar-refractivity contribution in [3.05, 3.63) is 85.1 Å². The van der Waals surface area contributed by atoms with Gasteiger partial charge in [0.2, 0.25) is 0 Å². The van der Waals surface area contributed by atoms with Crippen molar-refractivity contribution in [3.63, 3.8) is 0 Å². The highest BCUT2D eigenvalue weighted by atomic mass is 16.6. The van der Waals surface area contributed by atoms with E-state index in [1.807, 2.05) is 0 Å². The van der Waals surface area contributed by atoms with Gasteiger partial charge in [0.05, 0.1) is 0 Å². The van der Waals surface area contributed by atoms with Crippen LogP contribution in [0.2, 0.25) is 0 Å². The second-order valence-electron chi connectivity index (χ2n) is 16.3. The van der Waals surface area contributed by atoms with Crippen LogP contribution in [0.15, 0.2) is 85.1 Å². The lowest BCUT2D eigenvalue weighted by atomic mass is 10.1. The normalized spacial score (nSPS) is 12.8. The molecule has 1 unspecified atom stereocenters. The van der Waals surface area contributed by atoms with Crippen molar-refractivity contribution in [2.24, 2.45) is 0 Å². The Morgan fingerprint density at radius 3 is 1.05 bits per heavy atom. The second-order valence-corrected chi connectivity index (χ2v) is 16.3. The highest BCUT2D eigenvalue weighted by Crippen LogP contribution is 2.14. The van der Waals surface area contributed by atoms with Crippen molar-refractivity contribution in [2.45, 2.75) is 232 Å². The summed E-state index contributed by atoms with van der Waals surface area (Å²) < 4.78 is 16.6. The summed E-state index contributed by atoms with van der Waals surface area (Å²) in [5.41, 5.74) is 0. The Bertz CT molecular complexity index is 1200. The maximum Gasteiger partial charge on any atom is 0.306 e. The molecule has 0 heterocycles. The summed E-state index contributed by atoms with van der Waals surface area (Å²) in [6, 6.07) is 0. The molecule has 0 fully saturated rings. The minimum atomic E-state index is -0.788. The molecule has 0 rings (SSSR count). The van der Waals surface area contributed by atoms with Gasteiger partial charge in [0.1, 0.15) is 13.2 Å². The third-order valence-electron chi connectivity index (χ3n) is 10.4. The number of carbonyl (C=O) groups excluding carboxylic acids is 3. The van der Waals surface area contributed by atoms with Crippen molar-refractivity contribution in [3.8, 4) is 0 Å². The Labute approximate surface area is 375 Å². The number of carbonyl (C=O) groups is 3. The summed E-state index contributed by atoms with van der Waals surface area (Å²) in [7, 11) is 0. The highest BCUT2D eigenvalue weighted by Gasteiger charge is 2.19. The molecule has 0 aromatic heterocycles. The number of rotatable bonds is 44. The van der Waals surface area contributed by atoms with Gasteiger partial charge in [0, 0.05) is 19.3 Å². The van der Waals surface area contributed by atoms with Gasteiger partial charge in [-0.05, 0) is 96.3 Å². The van der Waals surface area contributed by atoms with Gasteiger partial charge in [-0.2, -0.15) is 0 Å². The molecule has 0 saturated heterocycles. The highest BCUT2D eigenvalue weighted by molar-refractivity contribution is 5.71. The fourth-order valence-electron chi connectivity index (χ4n) is 6.61. The Morgan fingerprint density at radius 1 is 0.344 bits per heavy atom. The molecule has 0 aliphatic rings. The summed E-state index contributed by atoms with van der Waals surface area (Å²) in [6.07, 6.45) is 63.1. The van der Waals surface area contributed by atoms with Crippen LogP contribution in [0.5, 0.6) is 0 Å². The second kappa shape index (κ2) is 49.2. The van der Waals surface area contributed by atoms with Crippen molar-refractivity contribution in [1.29, 1.82) is 0 Å². The molecular weight excluding hydrogens is 757 g/mol. The maximum atomic E-state index is 12.7. The molecule has 0 saturated carbocycles. The Morgan fingerprint density at radius 2 is 0.639 bits per heavy atom. The first kappa shape index (κ1) is 57.6. The predicted octanol–water partition coefficient (Wildman–Crippen LogP) is 16.4. The minimum Gasteiger partial charge on any atom is -0.462 e. The van der Waals surface area contributed by atoms with Gasteiger partial charge in [-0.25, -0.2) is 0 Å². The summed E-state index contributed by atoms with van der Waals surface area (Å²) in [5.74, 6) is -0.945. The molecule has 0 N–H and O–H groups in total. The Hall–Kier alpha value is -3.41. The van der Waals surface area contributed by atoms with E-state index in [-0.39, 0.29) is 31.1 Å². The lowest BCUT2D eigenvalue weighted by Gasteiger charge is -2.18. The third kappa shape index (κ3) is 47.5. The van der Waals surface area contributed by atoms with Crippen LogP contribution >= 0.6 is 0 Å². The summed E-state index contributed by atoms with van der Waals surface area (Å²) in [6.45, 7) is 6.37. The Kier molecular flexibility index (Phi) is 46.5. The van der Waals surface area contributed by atoms with Crippen LogP contribution in [0.25, 0.3) is 0 Å². The minimum absolute atomic E-state index is 0.0904. The number of hydrogen-bond acceptors (Lipinski definition) is 6. The van der Waals surface area contributed by atoms with Crippen molar-refractivity contribution >= 4 is 17.9 Å². The van der Waals surface area contributed by atoms with Gasteiger partial charge in [-0.15, -0.1) is 0 Å². The maximum absolute atomic E-state index is 12.7. The van der Waals surface area contributed by atoms with Gasteiger partial charge in [-0.1, -0.05) is 196 Å². The average molecular weight is 849 g/mol. The molecule has 1 atom stereocenters. The largest absolute Gasteiger partial charge is 0.462 e. The quantitative estimate of drug-likeness (QED) is 0.0263. The lowest BCUT2D eigenvalue weighted by molar-refractivity contribution is -0.167. The van der Waals surface area contributed by atoms with E-state index >= 15 is 0 Å². The summed E-state index contributed by atoms with van der Waals surface area (Å²) in [5, 5.41) is 0. The standard InChI is InChI=1S/C55H92O6/c1-4-7-10-13-15-17-19-21-23-25-27-29-31-33-35-37-39-42-45-48-54(57)60-51-52(50-59-53(56)47-44-41-12-9-6-3)61-55(58)49-46-43-40-38-36-34-32-30-28-26-24-22-20-18-16-14-11-8-5-2/h7,10,15-18,21-24,27,29,33,35,52H,4-6,8-9,11-14,19-20,25-26,28,30-32,34,36-51H2,1-3H3/b10-7-,17-15-,18-16-,23-21-,24-22-,29-27-,35-33-. The molecule has 6 nitrogen and oxygen atoms in total. The number of unbranched alkanes of at least 4 members (excludes halogenated alkanes) is 19. The van der Waals surface area contributed by atoms with Gasteiger partial charge >= 0.3 is 17.9 Å². The van der Waals surface area contributed by atoms with Crippen LogP contribution < -0.4 is 0 Å². The lowest BCUT2D eigenvalue weighted by Crippen LogP contribution is -2.30. The SMILES string of the molecule is CC/C=C\C/C=C\C/C=C\C/C=C\C/C=C\CCCCCC(=O)OCC(COC(=O)CCCCCCC)OC(=O)CCCCCCCCCCC/C=C\C/C=C\CCCCC. The van der Waals surface area contributed by atoms with E-state index in [1.165, 1.54) is 77.0 Å². The first-order chi connectivity index (χ1) is 30.0. The smallest absolute Gasteiger partial charge is 0.306 e. The van der Waals surface area contributed by atoms with E-state index in [0.29, 0.717) is 19.3 Å². The van der Waals surface area contributed by atoms with Gasteiger partial charge in [0.25, 0.3) is 0 Å². The third-order valence-corrected chi connectivity index (χ3v) is 10.4. The number of hydrogen-bond donors (Lipinski definition) is 0. The van der Waals surface area contributed by atoms with Crippen molar-refractivity contribution in [2.75, 3.05) is 13.2 Å². The molecule has 0 aromatic carbocycles. The van der Waals surface area contributed by atoms with Crippen LogP contribution in [0.3, 0.4) is 0 Å². The molecular formula is C55H92O6. The molecule has 348 valence electrons. The van der Waals surface area contributed by atoms with E-state index < -0.39 is 6.10 Å². The number of esters is 3. The van der Waals surface area contributed by atoms with Crippen LogP contribution in [-0.4, -0.2) is 37.2 Å². The van der Waals surface area contributed by atoms with Crippen LogP contribution in [0.4, 0.5) is 0 Å². The molecule has 61 heavy (non-hydrogen) atoms. The number of allylic oxidation sites excluding steroid dienone is 14. The molecule has 0 spiro atoms. The van der Waals surface area contributed by atoms with E-state index in [1.54, 1.807) is 0 Å². The fraction of sp³-hybridized carbons (Fsp3) is 0.691. The van der Waals surface area contributed by atoms with Crippen LogP contribution in [-0.2, 0) is 28.6 Å². The molecule has 0 aliphatic heterocycles. The monoisotopic (exact) mass is 849 g/mol. The molecule has 6 heteroatoms.